The quantitative estimate of drug-likeness (QED) is 0.162. The molecule has 1 heterocycles. The van der Waals surface area contributed by atoms with Gasteiger partial charge >= 0.3 is 0 Å². The maximum Gasteiger partial charge on any atom is 0.294 e. The summed E-state index contributed by atoms with van der Waals surface area (Å²) >= 11 is 6.51. The summed E-state index contributed by atoms with van der Waals surface area (Å²) in [6.45, 7) is 1.13. The largest absolute Gasteiger partial charge is 0.399 e. The first-order valence-corrected chi connectivity index (χ1v) is 11.3. The lowest BCUT2D eigenvalue weighted by molar-refractivity contribution is -0.121. The molecule has 3 aromatic rings. The SMILES string of the molecule is CN(C)CCNc1nc(Cl)c(-c2cccc(N)c2)n(CC(=O)NCc2ccc(C(=N)N)cc2)c1=O. The third-order valence-electron chi connectivity index (χ3n) is 5.19. The summed E-state index contributed by atoms with van der Waals surface area (Å²) in [6.07, 6.45) is 0. The average molecular weight is 497 g/mol. The summed E-state index contributed by atoms with van der Waals surface area (Å²) in [6, 6.07) is 13.9. The zero-order chi connectivity index (χ0) is 25.5. The predicted molar refractivity (Wildman–Crippen MR) is 140 cm³/mol. The van der Waals surface area contributed by atoms with Crippen molar-refractivity contribution in [2.24, 2.45) is 5.73 Å². The number of likely N-dealkylation sites (N-methyl/N-ethyl adjacent to an activating group) is 1. The van der Waals surface area contributed by atoms with Gasteiger partial charge < -0.3 is 27.0 Å². The normalized spacial score (nSPS) is 10.9. The Morgan fingerprint density at radius 3 is 2.54 bits per heavy atom. The minimum atomic E-state index is -0.466. The van der Waals surface area contributed by atoms with E-state index in [1.54, 1.807) is 48.5 Å². The lowest BCUT2D eigenvalue weighted by atomic mass is 10.1. The zero-order valence-corrected chi connectivity index (χ0v) is 20.4. The number of carbonyl (C=O) groups excluding carboxylic acids is 1. The molecule has 7 N–H and O–H groups in total. The predicted octanol–water partition coefficient (Wildman–Crippen LogP) is 1.72. The number of amides is 1. The number of hydrogen-bond acceptors (Lipinski definition) is 7. The smallest absolute Gasteiger partial charge is 0.294 e. The molecule has 0 unspecified atom stereocenters. The van der Waals surface area contributed by atoms with Crippen molar-refractivity contribution in [3.8, 4) is 11.3 Å². The van der Waals surface area contributed by atoms with Crippen LogP contribution in [0.2, 0.25) is 5.15 Å². The van der Waals surface area contributed by atoms with Crippen molar-refractivity contribution in [1.82, 2.24) is 19.8 Å². The van der Waals surface area contributed by atoms with Crippen LogP contribution in [0.4, 0.5) is 11.5 Å². The van der Waals surface area contributed by atoms with Crippen molar-refractivity contribution in [3.63, 3.8) is 0 Å². The highest BCUT2D eigenvalue weighted by atomic mass is 35.5. The number of nitrogen functional groups attached to an aromatic ring is 2. The summed E-state index contributed by atoms with van der Waals surface area (Å²) in [5.74, 6) is -0.342. The molecule has 0 saturated heterocycles. The second kappa shape index (κ2) is 11.5. The number of nitrogens with two attached hydrogens (primary N) is 2. The Morgan fingerprint density at radius 2 is 1.91 bits per heavy atom. The highest BCUT2D eigenvalue weighted by Gasteiger charge is 2.19. The van der Waals surface area contributed by atoms with Gasteiger partial charge in [0.15, 0.2) is 11.0 Å². The van der Waals surface area contributed by atoms with Crippen molar-refractivity contribution in [2.45, 2.75) is 13.1 Å². The van der Waals surface area contributed by atoms with Gasteiger partial charge in [-0.25, -0.2) is 4.98 Å². The second-order valence-electron chi connectivity index (χ2n) is 8.23. The maximum atomic E-state index is 13.3. The van der Waals surface area contributed by atoms with Crippen LogP contribution in [0, 0.1) is 5.41 Å². The summed E-state index contributed by atoms with van der Waals surface area (Å²) < 4.78 is 1.30. The van der Waals surface area contributed by atoms with Gasteiger partial charge in [0.25, 0.3) is 5.56 Å². The molecule has 0 aliphatic rings. The van der Waals surface area contributed by atoms with E-state index in [4.69, 9.17) is 28.5 Å². The van der Waals surface area contributed by atoms with E-state index in [2.05, 4.69) is 15.6 Å². The molecule has 184 valence electrons. The van der Waals surface area contributed by atoms with E-state index in [-0.39, 0.29) is 35.8 Å². The summed E-state index contributed by atoms with van der Waals surface area (Å²) in [4.78, 5) is 32.4. The molecule has 2 aromatic carbocycles. The van der Waals surface area contributed by atoms with Gasteiger partial charge in [0, 0.05) is 36.4 Å². The van der Waals surface area contributed by atoms with Crippen LogP contribution in [-0.2, 0) is 17.9 Å². The standard InChI is InChI=1S/C24H29ClN8O2/c1-32(2)11-10-29-23-24(35)33(20(21(25)31-23)17-4-3-5-18(26)12-17)14-19(34)30-13-15-6-8-16(9-7-15)22(27)28/h3-9,12H,10-11,13-14,26H2,1-2H3,(H3,27,28)(H,29,31)(H,30,34). The molecule has 0 radical (unpaired) electrons. The molecule has 0 bridgehead atoms. The minimum absolute atomic E-state index is 0.0291. The van der Waals surface area contributed by atoms with Crippen molar-refractivity contribution in [3.05, 3.63) is 75.2 Å². The van der Waals surface area contributed by atoms with E-state index < -0.39 is 5.56 Å². The number of hydrogen-bond donors (Lipinski definition) is 5. The van der Waals surface area contributed by atoms with Gasteiger partial charge in [0.2, 0.25) is 5.91 Å². The molecule has 3 rings (SSSR count). The molecule has 0 aliphatic carbocycles. The molecule has 0 spiro atoms. The number of halogens is 1. The minimum Gasteiger partial charge on any atom is -0.399 e. The van der Waals surface area contributed by atoms with E-state index in [9.17, 15) is 9.59 Å². The lowest BCUT2D eigenvalue weighted by Gasteiger charge is -2.17. The molecular formula is C24H29ClN8O2. The van der Waals surface area contributed by atoms with E-state index in [1.807, 2.05) is 19.0 Å². The van der Waals surface area contributed by atoms with E-state index >= 15 is 0 Å². The summed E-state index contributed by atoms with van der Waals surface area (Å²) in [5.41, 5.74) is 13.7. The number of aromatic nitrogens is 2. The van der Waals surface area contributed by atoms with Crippen molar-refractivity contribution >= 4 is 34.8 Å². The number of anilines is 2. The fraction of sp³-hybridized carbons (Fsp3) is 0.250. The number of nitrogens with zero attached hydrogens (tertiary/aromatic N) is 3. The number of carbonyl (C=O) groups is 1. The fourth-order valence-corrected chi connectivity index (χ4v) is 3.66. The third kappa shape index (κ3) is 6.81. The highest BCUT2D eigenvalue weighted by molar-refractivity contribution is 6.32. The van der Waals surface area contributed by atoms with E-state index in [0.717, 1.165) is 5.56 Å². The Bertz CT molecular complexity index is 1270. The Morgan fingerprint density at radius 1 is 1.20 bits per heavy atom. The highest BCUT2D eigenvalue weighted by Crippen LogP contribution is 2.27. The third-order valence-corrected chi connectivity index (χ3v) is 5.45. The topological polar surface area (TPSA) is 155 Å². The molecule has 0 atom stereocenters. The van der Waals surface area contributed by atoms with Crippen LogP contribution in [-0.4, -0.2) is 53.4 Å². The molecular weight excluding hydrogens is 468 g/mol. The molecule has 0 aliphatic heterocycles. The first-order valence-electron chi connectivity index (χ1n) is 10.9. The first kappa shape index (κ1) is 25.7. The zero-order valence-electron chi connectivity index (χ0n) is 19.6. The Labute approximate surface area is 208 Å². The van der Waals surface area contributed by atoms with Crippen LogP contribution >= 0.6 is 11.6 Å². The Kier molecular flexibility index (Phi) is 8.45. The van der Waals surface area contributed by atoms with Crippen molar-refractivity contribution < 1.29 is 4.79 Å². The number of rotatable bonds is 10. The molecule has 1 aromatic heterocycles. The van der Waals surface area contributed by atoms with Crippen LogP contribution < -0.4 is 27.7 Å². The van der Waals surface area contributed by atoms with Gasteiger partial charge in [-0.2, -0.15) is 0 Å². The maximum absolute atomic E-state index is 13.3. The Balaban J connectivity index is 1.88. The van der Waals surface area contributed by atoms with Gasteiger partial charge in [0.1, 0.15) is 12.4 Å². The van der Waals surface area contributed by atoms with Gasteiger partial charge in [-0.3, -0.25) is 19.6 Å². The fourth-order valence-electron chi connectivity index (χ4n) is 3.37. The second-order valence-corrected chi connectivity index (χ2v) is 8.59. The average Bonchev–Trinajstić information content (AvgIpc) is 2.80. The van der Waals surface area contributed by atoms with E-state index in [0.29, 0.717) is 35.6 Å². The van der Waals surface area contributed by atoms with Gasteiger partial charge in [-0.15, -0.1) is 0 Å². The number of nitrogens with one attached hydrogen (secondary N) is 3. The van der Waals surface area contributed by atoms with Crippen LogP contribution in [0.3, 0.4) is 0 Å². The van der Waals surface area contributed by atoms with Gasteiger partial charge in [-0.05, 0) is 31.8 Å². The summed E-state index contributed by atoms with van der Waals surface area (Å²) in [5, 5.41) is 13.4. The number of benzene rings is 2. The molecule has 1 amide bonds. The monoisotopic (exact) mass is 496 g/mol. The van der Waals surface area contributed by atoms with Crippen molar-refractivity contribution in [1.29, 1.82) is 5.41 Å². The van der Waals surface area contributed by atoms with Crippen LogP contribution in [0.25, 0.3) is 11.3 Å². The first-order chi connectivity index (χ1) is 16.7. The lowest BCUT2D eigenvalue weighted by Crippen LogP contribution is -2.35. The molecule has 0 saturated carbocycles. The van der Waals surface area contributed by atoms with E-state index in [1.165, 1.54) is 4.57 Å². The van der Waals surface area contributed by atoms with Crippen LogP contribution in [0.5, 0.6) is 0 Å². The molecule has 10 nitrogen and oxygen atoms in total. The van der Waals surface area contributed by atoms with Crippen molar-refractivity contribution in [2.75, 3.05) is 38.2 Å². The van der Waals surface area contributed by atoms with Crippen LogP contribution in [0.15, 0.2) is 53.3 Å². The molecule has 0 fully saturated rings. The van der Waals surface area contributed by atoms with Crippen LogP contribution in [0.1, 0.15) is 11.1 Å². The van der Waals surface area contributed by atoms with Gasteiger partial charge in [0.05, 0.1) is 5.69 Å². The Hall–Kier alpha value is -3.89. The van der Waals surface area contributed by atoms with Gasteiger partial charge in [-0.1, -0.05) is 48.0 Å². The summed E-state index contributed by atoms with van der Waals surface area (Å²) in [7, 11) is 3.84. The molecule has 11 heteroatoms. The molecule has 35 heavy (non-hydrogen) atoms. The number of amidine groups is 1.